The van der Waals surface area contributed by atoms with Gasteiger partial charge in [-0.15, -0.1) is 0 Å². The highest BCUT2D eigenvalue weighted by molar-refractivity contribution is 5.92. The maximum atomic E-state index is 12.8. The van der Waals surface area contributed by atoms with Gasteiger partial charge in [0.2, 0.25) is 5.91 Å². The third-order valence-corrected chi connectivity index (χ3v) is 2.13. The van der Waals surface area contributed by atoms with Gasteiger partial charge < -0.3 is 15.4 Å². The van der Waals surface area contributed by atoms with Gasteiger partial charge in [0.05, 0.1) is 20.1 Å². The van der Waals surface area contributed by atoms with Crippen molar-refractivity contribution in [3.8, 4) is 0 Å². The second-order valence-electron chi connectivity index (χ2n) is 3.56. The monoisotopic (exact) mass is 254 g/mol. The molecule has 0 fully saturated rings. The Kier molecular flexibility index (Phi) is 5.79. The fraction of sp³-hybridized carbons (Fsp3) is 0.333. The molecule has 0 aliphatic heterocycles. The van der Waals surface area contributed by atoms with Crippen LogP contribution < -0.4 is 10.6 Å². The van der Waals surface area contributed by atoms with E-state index in [1.165, 1.54) is 25.3 Å². The molecule has 18 heavy (non-hydrogen) atoms. The van der Waals surface area contributed by atoms with Crippen molar-refractivity contribution >= 4 is 17.6 Å². The van der Waals surface area contributed by atoms with Gasteiger partial charge in [0.25, 0.3) is 0 Å². The van der Waals surface area contributed by atoms with E-state index in [0.717, 1.165) is 0 Å². The Hall–Kier alpha value is -1.95. The second kappa shape index (κ2) is 7.39. The fourth-order valence-corrected chi connectivity index (χ4v) is 1.27. The lowest BCUT2D eigenvalue weighted by atomic mass is 10.3. The number of benzene rings is 1. The molecule has 0 radical (unpaired) electrons. The first-order valence-corrected chi connectivity index (χ1v) is 5.45. The highest BCUT2D eigenvalue weighted by atomic mass is 19.1. The topological polar surface area (TPSA) is 67.4 Å². The van der Waals surface area contributed by atoms with Crippen molar-refractivity contribution in [3.63, 3.8) is 0 Å². The van der Waals surface area contributed by atoms with E-state index in [9.17, 15) is 14.0 Å². The van der Waals surface area contributed by atoms with Crippen LogP contribution in [0.5, 0.6) is 0 Å². The summed E-state index contributed by atoms with van der Waals surface area (Å²) in [5.41, 5.74) is 0.398. The van der Waals surface area contributed by atoms with Gasteiger partial charge in [-0.25, -0.2) is 4.39 Å². The summed E-state index contributed by atoms with van der Waals surface area (Å²) in [5.74, 6) is -1.05. The second-order valence-corrected chi connectivity index (χ2v) is 3.56. The van der Waals surface area contributed by atoms with Crippen LogP contribution in [0.4, 0.5) is 10.1 Å². The molecule has 2 N–H and O–H groups in total. The molecule has 0 saturated carbocycles. The van der Waals surface area contributed by atoms with Gasteiger partial charge in [0.15, 0.2) is 0 Å². The van der Waals surface area contributed by atoms with E-state index in [1.54, 1.807) is 6.07 Å². The quantitative estimate of drug-likeness (QED) is 0.585. The number of halogens is 1. The van der Waals surface area contributed by atoms with Crippen LogP contribution in [0.25, 0.3) is 0 Å². The fourth-order valence-electron chi connectivity index (χ4n) is 1.27. The Bertz CT molecular complexity index is 424. The average molecular weight is 254 g/mol. The number of amides is 1. The van der Waals surface area contributed by atoms with E-state index in [2.05, 4.69) is 15.4 Å². The van der Waals surface area contributed by atoms with Gasteiger partial charge in [-0.1, -0.05) is 6.07 Å². The molecule has 1 rings (SSSR count). The molecule has 0 spiro atoms. The van der Waals surface area contributed by atoms with Crippen LogP contribution in [0, 0.1) is 5.82 Å². The normalized spacial score (nSPS) is 9.89. The number of hydrogen-bond donors (Lipinski definition) is 2. The van der Waals surface area contributed by atoms with E-state index >= 15 is 0 Å². The van der Waals surface area contributed by atoms with Gasteiger partial charge in [0, 0.05) is 12.2 Å². The Morgan fingerprint density at radius 2 is 2.17 bits per heavy atom. The number of rotatable bonds is 6. The first-order valence-electron chi connectivity index (χ1n) is 5.45. The molecule has 0 heterocycles. The van der Waals surface area contributed by atoms with Crippen molar-refractivity contribution < 1.29 is 18.7 Å². The summed E-state index contributed by atoms with van der Waals surface area (Å²) in [4.78, 5) is 22.2. The SMILES string of the molecule is COC(=O)CCNCC(=O)Nc1cccc(F)c1. The van der Waals surface area contributed by atoms with Crippen LogP contribution in [-0.4, -0.2) is 32.1 Å². The minimum absolute atomic E-state index is 0.0491. The number of ether oxygens (including phenoxy) is 1. The van der Waals surface area contributed by atoms with Crippen LogP contribution in [0.2, 0.25) is 0 Å². The maximum Gasteiger partial charge on any atom is 0.306 e. The van der Waals surface area contributed by atoms with Crippen molar-refractivity contribution in [2.75, 3.05) is 25.5 Å². The highest BCUT2D eigenvalue weighted by Crippen LogP contribution is 2.08. The smallest absolute Gasteiger partial charge is 0.306 e. The Morgan fingerprint density at radius 1 is 1.39 bits per heavy atom. The molecular weight excluding hydrogens is 239 g/mol. The van der Waals surface area contributed by atoms with Crippen LogP contribution in [0.1, 0.15) is 6.42 Å². The Morgan fingerprint density at radius 3 is 2.83 bits per heavy atom. The molecule has 98 valence electrons. The van der Waals surface area contributed by atoms with Crippen molar-refractivity contribution in [2.45, 2.75) is 6.42 Å². The lowest BCUT2D eigenvalue weighted by Crippen LogP contribution is -2.29. The number of methoxy groups -OCH3 is 1. The number of anilines is 1. The standard InChI is InChI=1S/C12H15FN2O3/c1-18-12(17)5-6-14-8-11(16)15-10-4-2-3-9(13)7-10/h2-4,7,14H,5-6,8H2,1H3,(H,15,16). The number of nitrogens with one attached hydrogen (secondary N) is 2. The van der Waals surface area contributed by atoms with Gasteiger partial charge >= 0.3 is 5.97 Å². The Labute approximate surface area is 104 Å². The molecule has 1 aromatic rings. The zero-order valence-electron chi connectivity index (χ0n) is 10.0. The summed E-state index contributed by atoms with van der Waals surface area (Å²) >= 11 is 0. The molecule has 0 unspecified atom stereocenters. The molecule has 6 heteroatoms. The van der Waals surface area contributed by atoms with Gasteiger partial charge in [-0.3, -0.25) is 9.59 Å². The van der Waals surface area contributed by atoms with E-state index in [4.69, 9.17) is 0 Å². The summed E-state index contributed by atoms with van der Waals surface area (Å²) in [6, 6.07) is 5.63. The average Bonchev–Trinajstić information content (AvgIpc) is 2.34. The Balaban J connectivity index is 2.24. The molecule has 0 aliphatic rings. The van der Waals surface area contributed by atoms with Crippen LogP contribution in [0.15, 0.2) is 24.3 Å². The number of carbonyl (C=O) groups is 2. The molecule has 0 aliphatic carbocycles. The van der Waals surface area contributed by atoms with Crippen molar-refractivity contribution in [1.82, 2.24) is 5.32 Å². The molecule has 0 bridgehead atoms. The van der Waals surface area contributed by atoms with Crippen molar-refractivity contribution in [3.05, 3.63) is 30.1 Å². The van der Waals surface area contributed by atoms with Crippen LogP contribution in [-0.2, 0) is 14.3 Å². The lowest BCUT2D eigenvalue weighted by Gasteiger charge is -2.06. The minimum Gasteiger partial charge on any atom is -0.469 e. The molecule has 0 aromatic heterocycles. The van der Waals surface area contributed by atoms with Gasteiger partial charge in [0.1, 0.15) is 5.82 Å². The van der Waals surface area contributed by atoms with Crippen LogP contribution in [0.3, 0.4) is 0 Å². The van der Waals surface area contributed by atoms with Crippen LogP contribution >= 0.6 is 0 Å². The predicted molar refractivity (Wildman–Crippen MR) is 64.5 cm³/mol. The largest absolute Gasteiger partial charge is 0.469 e. The lowest BCUT2D eigenvalue weighted by molar-refractivity contribution is -0.140. The summed E-state index contributed by atoms with van der Waals surface area (Å²) in [6.45, 7) is 0.400. The number of esters is 1. The third-order valence-electron chi connectivity index (χ3n) is 2.13. The van der Waals surface area contributed by atoms with E-state index in [1.807, 2.05) is 0 Å². The molecular formula is C12H15FN2O3. The highest BCUT2D eigenvalue weighted by Gasteiger charge is 2.04. The van der Waals surface area contributed by atoms with E-state index in [-0.39, 0.29) is 24.8 Å². The summed E-state index contributed by atoms with van der Waals surface area (Å²) < 4.78 is 17.3. The number of carbonyl (C=O) groups excluding carboxylic acids is 2. The van der Waals surface area contributed by atoms with Crippen molar-refractivity contribution in [2.24, 2.45) is 0 Å². The zero-order valence-corrected chi connectivity index (χ0v) is 10.0. The van der Waals surface area contributed by atoms with Gasteiger partial charge in [-0.2, -0.15) is 0 Å². The molecule has 0 saturated heterocycles. The van der Waals surface area contributed by atoms with E-state index in [0.29, 0.717) is 12.2 Å². The molecule has 0 atom stereocenters. The molecule has 1 aromatic carbocycles. The first kappa shape index (κ1) is 14.1. The van der Waals surface area contributed by atoms with Gasteiger partial charge in [-0.05, 0) is 18.2 Å². The summed E-state index contributed by atoms with van der Waals surface area (Å²) in [5, 5.41) is 5.31. The first-order chi connectivity index (χ1) is 8.61. The van der Waals surface area contributed by atoms with Crippen molar-refractivity contribution in [1.29, 1.82) is 0 Å². The third kappa shape index (κ3) is 5.40. The van der Waals surface area contributed by atoms with E-state index < -0.39 is 5.82 Å². The number of hydrogen-bond acceptors (Lipinski definition) is 4. The summed E-state index contributed by atoms with van der Waals surface area (Å²) in [7, 11) is 1.30. The molecule has 5 nitrogen and oxygen atoms in total. The predicted octanol–water partition coefficient (Wildman–Crippen LogP) is 0.917. The maximum absolute atomic E-state index is 12.8. The zero-order chi connectivity index (χ0) is 13.4. The molecule has 1 amide bonds. The minimum atomic E-state index is -0.411. The summed E-state index contributed by atoms with van der Waals surface area (Å²) in [6.07, 6.45) is 0.198.